The molecule has 6 heteroatoms. The van der Waals surface area contributed by atoms with Crippen LogP contribution in [0, 0.1) is 0 Å². The molecule has 26 heavy (non-hydrogen) atoms. The summed E-state index contributed by atoms with van der Waals surface area (Å²) in [6.07, 6.45) is 1.94. The molecule has 3 atom stereocenters. The van der Waals surface area contributed by atoms with Gasteiger partial charge in [-0.3, -0.25) is 0 Å². The minimum absolute atomic E-state index is 0.0474. The van der Waals surface area contributed by atoms with Crippen molar-refractivity contribution in [1.82, 2.24) is 20.1 Å². The second-order valence-electron chi connectivity index (χ2n) is 7.56. The molecule has 1 aromatic carbocycles. The number of rotatable bonds is 3. The van der Waals surface area contributed by atoms with Crippen LogP contribution in [0.25, 0.3) is 10.9 Å². The molecular formula is C20H27ClN4O. The molecule has 1 fully saturated rings. The molecule has 0 saturated carbocycles. The summed E-state index contributed by atoms with van der Waals surface area (Å²) in [5.41, 5.74) is 3.74. The molecule has 2 heterocycles. The maximum Gasteiger partial charge on any atom is 0.317 e. The Labute approximate surface area is 159 Å². The van der Waals surface area contributed by atoms with Crippen LogP contribution in [0.15, 0.2) is 18.2 Å². The Kier molecular flexibility index (Phi) is 4.61. The van der Waals surface area contributed by atoms with Crippen molar-refractivity contribution in [3.05, 3.63) is 34.5 Å². The number of piperidine rings is 1. The van der Waals surface area contributed by atoms with Gasteiger partial charge in [-0.1, -0.05) is 23.7 Å². The average molecular weight is 375 g/mol. The fraction of sp³-hybridized carbons (Fsp3) is 0.550. The van der Waals surface area contributed by atoms with E-state index in [0.29, 0.717) is 12.0 Å². The number of benzene rings is 1. The molecule has 1 saturated heterocycles. The van der Waals surface area contributed by atoms with E-state index in [2.05, 4.69) is 40.4 Å². The van der Waals surface area contributed by atoms with Crippen molar-refractivity contribution in [2.24, 2.45) is 0 Å². The minimum Gasteiger partial charge on any atom is -0.345 e. The van der Waals surface area contributed by atoms with E-state index in [-0.39, 0.29) is 12.1 Å². The van der Waals surface area contributed by atoms with Crippen LogP contribution >= 0.6 is 11.6 Å². The lowest BCUT2D eigenvalue weighted by Crippen LogP contribution is -2.56. The Morgan fingerprint density at radius 2 is 2.15 bits per heavy atom. The summed E-state index contributed by atoms with van der Waals surface area (Å²) in [6.45, 7) is 6.39. The Bertz CT molecular complexity index is 829. The summed E-state index contributed by atoms with van der Waals surface area (Å²) < 4.78 is 0. The number of carbonyl (C=O) groups excluding carboxylic acids is 1. The van der Waals surface area contributed by atoms with Crippen molar-refractivity contribution in [1.29, 1.82) is 0 Å². The summed E-state index contributed by atoms with van der Waals surface area (Å²) in [6, 6.07) is 7.08. The number of aromatic amines is 1. The standard InChI is InChI=1S/C20H27ClN4O/c1-4-25(5-2)20(26)22-12-9-14-13-7-6-8-16-18(13)15(19(21)23-16)10-17(14)24(3)11-12/h6-8,12,14,17,23H,4-5,9-11H2,1-3H3,(H,22,26)/t12-,14-,17-/m1/s1. The van der Waals surface area contributed by atoms with Gasteiger partial charge in [-0.2, -0.15) is 0 Å². The monoisotopic (exact) mass is 374 g/mol. The van der Waals surface area contributed by atoms with Gasteiger partial charge in [0.15, 0.2) is 0 Å². The number of H-pyrrole nitrogens is 1. The number of amides is 2. The normalized spacial score (nSPS) is 25.2. The van der Waals surface area contributed by atoms with Crippen LogP contribution < -0.4 is 5.32 Å². The summed E-state index contributed by atoms with van der Waals surface area (Å²) in [5, 5.41) is 5.33. The Morgan fingerprint density at radius 3 is 2.88 bits per heavy atom. The fourth-order valence-corrected chi connectivity index (χ4v) is 5.14. The fourth-order valence-electron chi connectivity index (χ4n) is 4.87. The number of urea groups is 1. The van der Waals surface area contributed by atoms with E-state index in [1.807, 2.05) is 18.7 Å². The first-order valence-electron chi connectivity index (χ1n) is 9.58. The van der Waals surface area contributed by atoms with Crippen molar-refractivity contribution in [2.75, 3.05) is 26.7 Å². The third-order valence-corrected chi connectivity index (χ3v) is 6.50. The minimum atomic E-state index is 0.0474. The molecule has 0 radical (unpaired) electrons. The van der Waals surface area contributed by atoms with Gasteiger partial charge in [0.05, 0.1) is 0 Å². The number of hydrogen-bond donors (Lipinski definition) is 2. The van der Waals surface area contributed by atoms with Gasteiger partial charge in [0.2, 0.25) is 0 Å². The Morgan fingerprint density at radius 1 is 1.38 bits per heavy atom. The van der Waals surface area contributed by atoms with Crippen LogP contribution in [0.1, 0.15) is 37.3 Å². The van der Waals surface area contributed by atoms with Gasteiger partial charge in [-0.25, -0.2) is 4.79 Å². The van der Waals surface area contributed by atoms with Crippen LogP contribution in [-0.2, 0) is 6.42 Å². The highest BCUT2D eigenvalue weighted by Crippen LogP contribution is 2.45. The van der Waals surface area contributed by atoms with Gasteiger partial charge in [0.25, 0.3) is 0 Å². The lowest BCUT2D eigenvalue weighted by Gasteiger charge is -2.46. The first-order chi connectivity index (χ1) is 12.5. The van der Waals surface area contributed by atoms with E-state index in [9.17, 15) is 4.79 Å². The van der Waals surface area contributed by atoms with Gasteiger partial charge < -0.3 is 20.1 Å². The van der Waals surface area contributed by atoms with Crippen LogP contribution in [0.3, 0.4) is 0 Å². The van der Waals surface area contributed by atoms with Gasteiger partial charge in [-0.15, -0.1) is 0 Å². The molecule has 0 spiro atoms. The smallest absolute Gasteiger partial charge is 0.317 e. The number of nitrogens with one attached hydrogen (secondary N) is 2. The maximum atomic E-state index is 12.5. The molecule has 1 aliphatic carbocycles. The zero-order valence-corrected chi connectivity index (χ0v) is 16.4. The van der Waals surface area contributed by atoms with E-state index in [0.717, 1.165) is 43.1 Å². The van der Waals surface area contributed by atoms with E-state index < -0.39 is 0 Å². The SMILES string of the molecule is CCN(CC)C(=O)N[C@@H]1C[C@@H]2c3cccc4[nH]c(Cl)c(c34)C[C@H]2N(C)C1. The number of aromatic nitrogens is 1. The van der Waals surface area contributed by atoms with Gasteiger partial charge in [-0.05, 0) is 50.9 Å². The number of likely N-dealkylation sites (tertiary alicyclic amines) is 1. The number of carbonyl (C=O) groups is 1. The molecule has 4 rings (SSSR count). The summed E-state index contributed by atoms with van der Waals surface area (Å²) in [5.74, 6) is 0.416. The van der Waals surface area contributed by atoms with Crippen molar-refractivity contribution in [2.45, 2.75) is 44.7 Å². The Balaban J connectivity index is 1.63. The van der Waals surface area contributed by atoms with Crippen molar-refractivity contribution < 1.29 is 4.79 Å². The van der Waals surface area contributed by atoms with Crippen LogP contribution in [-0.4, -0.2) is 59.6 Å². The maximum absolute atomic E-state index is 12.5. The summed E-state index contributed by atoms with van der Waals surface area (Å²) in [4.78, 5) is 20.1. The van der Waals surface area contributed by atoms with Crippen molar-refractivity contribution in [3.8, 4) is 0 Å². The molecule has 1 aromatic heterocycles. The van der Waals surface area contributed by atoms with E-state index >= 15 is 0 Å². The zero-order chi connectivity index (χ0) is 18.4. The molecule has 5 nitrogen and oxygen atoms in total. The zero-order valence-electron chi connectivity index (χ0n) is 15.7. The quantitative estimate of drug-likeness (QED) is 0.862. The molecule has 2 aliphatic rings. The molecular weight excluding hydrogens is 348 g/mol. The number of likely N-dealkylation sites (N-methyl/N-ethyl adjacent to an activating group) is 1. The number of nitrogens with zero attached hydrogens (tertiary/aromatic N) is 2. The third kappa shape index (κ3) is 2.78. The molecule has 0 bridgehead atoms. The van der Waals surface area contributed by atoms with Gasteiger partial charge in [0, 0.05) is 48.5 Å². The third-order valence-electron chi connectivity index (χ3n) is 6.18. The largest absolute Gasteiger partial charge is 0.345 e. The topological polar surface area (TPSA) is 51.4 Å². The second kappa shape index (κ2) is 6.78. The van der Waals surface area contributed by atoms with Crippen LogP contribution in [0.2, 0.25) is 5.15 Å². The Hall–Kier alpha value is -1.72. The van der Waals surface area contributed by atoms with Crippen LogP contribution in [0.4, 0.5) is 4.79 Å². The number of hydrogen-bond acceptors (Lipinski definition) is 2. The van der Waals surface area contributed by atoms with Gasteiger partial charge >= 0.3 is 6.03 Å². The highest BCUT2D eigenvalue weighted by Gasteiger charge is 2.40. The lowest BCUT2D eigenvalue weighted by atomic mass is 9.74. The first-order valence-corrected chi connectivity index (χ1v) is 9.95. The first kappa shape index (κ1) is 17.7. The highest BCUT2D eigenvalue weighted by molar-refractivity contribution is 6.32. The van der Waals surface area contributed by atoms with E-state index in [4.69, 9.17) is 11.6 Å². The predicted molar refractivity (Wildman–Crippen MR) is 106 cm³/mol. The average Bonchev–Trinajstić information content (AvgIpc) is 2.94. The van der Waals surface area contributed by atoms with E-state index in [1.54, 1.807) is 0 Å². The van der Waals surface area contributed by atoms with Gasteiger partial charge in [0.1, 0.15) is 5.15 Å². The molecule has 2 N–H and O–H groups in total. The lowest BCUT2D eigenvalue weighted by molar-refractivity contribution is 0.124. The highest BCUT2D eigenvalue weighted by atomic mass is 35.5. The number of fused-ring (bicyclic) bond motifs is 2. The summed E-state index contributed by atoms with van der Waals surface area (Å²) >= 11 is 6.48. The molecule has 1 aliphatic heterocycles. The molecule has 2 aromatic rings. The molecule has 0 unspecified atom stereocenters. The summed E-state index contributed by atoms with van der Waals surface area (Å²) in [7, 11) is 2.17. The predicted octanol–water partition coefficient (Wildman–Crippen LogP) is 3.59. The van der Waals surface area contributed by atoms with Crippen molar-refractivity contribution in [3.63, 3.8) is 0 Å². The van der Waals surface area contributed by atoms with Crippen molar-refractivity contribution >= 4 is 28.5 Å². The number of halogens is 1. The van der Waals surface area contributed by atoms with Crippen LogP contribution in [0.5, 0.6) is 0 Å². The van der Waals surface area contributed by atoms with E-state index in [1.165, 1.54) is 16.5 Å². The molecule has 140 valence electrons. The second-order valence-corrected chi connectivity index (χ2v) is 7.94. The molecule has 2 amide bonds.